The van der Waals surface area contributed by atoms with E-state index in [0.717, 1.165) is 4.90 Å². The second-order valence-corrected chi connectivity index (χ2v) is 9.97. The number of rotatable bonds is 7. The van der Waals surface area contributed by atoms with Crippen molar-refractivity contribution in [3.05, 3.63) is 59.9 Å². The van der Waals surface area contributed by atoms with E-state index in [-0.39, 0.29) is 37.0 Å². The highest BCUT2D eigenvalue weighted by Crippen LogP contribution is 2.24. The summed E-state index contributed by atoms with van der Waals surface area (Å²) in [5.41, 5.74) is 0.596. The van der Waals surface area contributed by atoms with Crippen LogP contribution in [0.4, 0.5) is 0 Å². The fourth-order valence-electron chi connectivity index (χ4n) is 4.05. The van der Waals surface area contributed by atoms with Gasteiger partial charge in [-0.05, 0) is 37.1 Å². The number of hydrogen-bond acceptors (Lipinski definition) is 7. The molecule has 1 atom stereocenters. The van der Waals surface area contributed by atoms with Gasteiger partial charge in [-0.1, -0.05) is 12.1 Å². The summed E-state index contributed by atoms with van der Waals surface area (Å²) >= 11 is 0. The molecule has 1 saturated heterocycles. The van der Waals surface area contributed by atoms with Crippen LogP contribution in [0.1, 0.15) is 33.6 Å². The summed E-state index contributed by atoms with van der Waals surface area (Å²) in [6.45, 7) is 0.0503. The van der Waals surface area contributed by atoms with Crippen molar-refractivity contribution in [2.45, 2.75) is 23.8 Å². The van der Waals surface area contributed by atoms with Crippen molar-refractivity contribution in [3.63, 3.8) is 0 Å². The topological polar surface area (TPSA) is 137 Å². The largest absolute Gasteiger partial charge is 0.389 e. The van der Waals surface area contributed by atoms with Crippen molar-refractivity contribution in [1.29, 1.82) is 0 Å². The summed E-state index contributed by atoms with van der Waals surface area (Å²) in [6, 6.07) is 9.49. The highest BCUT2D eigenvalue weighted by molar-refractivity contribution is 7.89. The van der Waals surface area contributed by atoms with Crippen LogP contribution in [0.2, 0.25) is 0 Å². The number of β-amino-alcohol motifs (C(OH)–C–C–N with tert-alkyl or cyclic N) is 1. The molecule has 0 saturated carbocycles. The first-order chi connectivity index (χ1) is 15.8. The molecule has 0 aliphatic carbocycles. The van der Waals surface area contributed by atoms with Gasteiger partial charge in [-0.2, -0.15) is 4.31 Å². The third-order valence-corrected chi connectivity index (χ3v) is 7.76. The summed E-state index contributed by atoms with van der Waals surface area (Å²) in [4.78, 5) is 42.2. The summed E-state index contributed by atoms with van der Waals surface area (Å²) < 4.78 is 26.7. The Balaban J connectivity index is 1.26. The standard InChI is InChI=1S/C22H24N4O6S/c27-16(14-26-21(29)18-5-1-2-6-19(18)22(26)30)12-24-20(28)15-7-10-25(11-8-15)33(31,32)17-4-3-9-23-13-17/h1-6,9,13,15-16,27H,7-8,10-12,14H2,(H,24,28)/t16-/m1/s1. The minimum atomic E-state index is -3.65. The second kappa shape index (κ2) is 9.38. The summed E-state index contributed by atoms with van der Waals surface area (Å²) in [5.74, 6) is -1.63. The van der Waals surface area contributed by atoms with E-state index < -0.39 is 33.9 Å². The zero-order chi connectivity index (χ0) is 23.6. The van der Waals surface area contributed by atoms with Gasteiger partial charge in [-0.3, -0.25) is 24.3 Å². The number of carbonyl (C=O) groups is 3. The van der Waals surface area contributed by atoms with Crippen molar-refractivity contribution < 1.29 is 27.9 Å². The highest BCUT2D eigenvalue weighted by atomic mass is 32.2. The van der Waals surface area contributed by atoms with Crippen LogP contribution in [0.5, 0.6) is 0 Å². The molecule has 3 heterocycles. The zero-order valence-corrected chi connectivity index (χ0v) is 18.6. The molecule has 2 N–H and O–H groups in total. The normalized spacial score (nSPS) is 18.3. The monoisotopic (exact) mass is 472 g/mol. The van der Waals surface area contributed by atoms with Crippen molar-refractivity contribution in [2.75, 3.05) is 26.2 Å². The lowest BCUT2D eigenvalue weighted by molar-refractivity contribution is -0.126. The molecule has 11 heteroatoms. The highest BCUT2D eigenvalue weighted by Gasteiger charge is 2.36. The van der Waals surface area contributed by atoms with Gasteiger partial charge in [0, 0.05) is 37.9 Å². The molecule has 0 bridgehead atoms. The van der Waals surface area contributed by atoms with E-state index in [9.17, 15) is 27.9 Å². The van der Waals surface area contributed by atoms with Crippen LogP contribution < -0.4 is 5.32 Å². The van der Waals surface area contributed by atoms with Gasteiger partial charge in [-0.25, -0.2) is 8.42 Å². The molecular weight excluding hydrogens is 448 g/mol. The Hall–Kier alpha value is -3.15. The first-order valence-electron chi connectivity index (χ1n) is 10.6. The molecule has 33 heavy (non-hydrogen) atoms. The van der Waals surface area contributed by atoms with Crippen molar-refractivity contribution in [3.8, 4) is 0 Å². The maximum atomic E-state index is 12.7. The van der Waals surface area contributed by atoms with E-state index in [1.54, 1.807) is 30.3 Å². The minimum Gasteiger partial charge on any atom is -0.389 e. The molecule has 2 aromatic rings. The lowest BCUT2D eigenvalue weighted by atomic mass is 9.97. The lowest BCUT2D eigenvalue weighted by Gasteiger charge is -2.30. The van der Waals surface area contributed by atoms with E-state index in [2.05, 4.69) is 10.3 Å². The Kier molecular flexibility index (Phi) is 6.54. The van der Waals surface area contributed by atoms with E-state index in [0.29, 0.717) is 24.0 Å². The van der Waals surface area contributed by atoms with E-state index in [1.807, 2.05) is 0 Å². The van der Waals surface area contributed by atoms with E-state index in [1.165, 1.54) is 22.8 Å². The predicted molar refractivity (Wildman–Crippen MR) is 117 cm³/mol. The molecule has 2 aliphatic heterocycles. The Labute approximate surface area is 191 Å². The van der Waals surface area contributed by atoms with Gasteiger partial charge < -0.3 is 10.4 Å². The van der Waals surface area contributed by atoms with Gasteiger partial charge in [0.15, 0.2) is 0 Å². The first kappa shape index (κ1) is 23.0. The Bertz CT molecular complexity index is 1130. The molecule has 0 radical (unpaired) electrons. The average Bonchev–Trinajstić information content (AvgIpc) is 3.08. The number of benzene rings is 1. The van der Waals surface area contributed by atoms with Crippen molar-refractivity contribution >= 4 is 27.7 Å². The van der Waals surface area contributed by atoms with Gasteiger partial charge in [0.05, 0.1) is 23.8 Å². The van der Waals surface area contributed by atoms with Crippen LogP contribution in [0, 0.1) is 5.92 Å². The smallest absolute Gasteiger partial charge is 0.261 e. The Morgan fingerprint density at radius 2 is 1.73 bits per heavy atom. The number of nitrogens with zero attached hydrogens (tertiary/aromatic N) is 3. The second-order valence-electron chi connectivity index (χ2n) is 8.03. The summed E-state index contributed by atoms with van der Waals surface area (Å²) in [7, 11) is -3.65. The number of nitrogens with one attached hydrogen (secondary N) is 1. The number of pyridine rings is 1. The molecule has 0 spiro atoms. The molecule has 1 fully saturated rings. The number of piperidine rings is 1. The van der Waals surface area contributed by atoms with Crippen LogP contribution in [0.3, 0.4) is 0 Å². The number of imide groups is 1. The quantitative estimate of drug-likeness (QED) is 0.551. The molecule has 1 aromatic carbocycles. The van der Waals surface area contributed by atoms with Gasteiger partial charge >= 0.3 is 0 Å². The van der Waals surface area contributed by atoms with Crippen LogP contribution in [0.25, 0.3) is 0 Å². The molecule has 2 aliphatic rings. The minimum absolute atomic E-state index is 0.115. The fourth-order valence-corrected chi connectivity index (χ4v) is 5.48. The number of aliphatic hydroxyl groups excluding tert-OH is 1. The number of fused-ring (bicyclic) bond motifs is 1. The van der Waals surface area contributed by atoms with E-state index in [4.69, 9.17) is 0 Å². The predicted octanol–water partition coefficient (Wildman–Crippen LogP) is 0.256. The molecule has 10 nitrogen and oxygen atoms in total. The maximum absolute atomic E-state index is 12.7. The molecule has 3 amide bonds. The molecule has 4 rings (SSSR count). The summed E-state index contributed by atoms with van der Waals surface area (Å²) in [5, 5.41) is 12.9. The van der Waals surface area contributed by atoms with E-state index >= 15 is 0 Å². The SMILES string of the molecule is O=C(NC[C@@H](O)CN1C(=O)c2ccccc2C1=O)C1CCN(S(=O)(=O)c2cccnc2)CC1. The number of aliphatic hydroxyl groups is 1. The number of aromatic nitrogens is 1. The number of sulfonamides is 1. The Morgan fingerprint density at radius 1 is 1.09 bits per heavy atom. The van der Waals surface area contributed by atoms with Gasteiger partial charge in [0.25, 0.3) is 11.8 Å². The fraction of sp³-hybridized carbons (Fsp3) is 0.364. The van der Waals surface area contributed by atoms with Crippen molar-refractivity contribution in [1.82, 2.24) is 19.5 Å². The van der Waals surface area contributed by atoms with Crippen LogP contribution in [-0.4, -0.2) is 77.7 Å². The number of hydrogen-bond donors (Lipinski definition) is 2. The van der Waals surface area contributed by atoms with Crippen LogP contribution in [-0.2, 0) is 14.8 Å². The molecule has 0 unspecified atom stereocenters. The first-order valence-corrected chi connectivity index (χ1v) is 12.0. The van der Waals surface area contributed by atoms with Gasteiger partial charge in [0.2, 0.25) is 15.9 Å². The van der Waals surface area contributed by atoms with Crippen LogP contribution >= 0.6 is 0 Å². The maximum Gasteiger partial charge on any atom is 0.261 e. The Morgan fingerprint density at radius 3 is 2.30 bits per heavy atom. The number of carbonyl (C=O) groups excluding carboxylic acids is 3. The average molecular weight is 473 g/mol. The number of amides is 3. The van der Waals surface area contributed by atoms with Gasteiger partial charge in [-0.15, -0.1) is 0 Å². The van der Waals surface area contributed by atoms with Gasteiger partial charge in [0.1, 0.15) is 4.90 Å². The third kappa shape index (κ3) is 4.65. The third-order valence-electron chi connectivity index (χ3n) is 5.88. The lowest BCUT2D eigenvalue weighted by Crippen LogP contribution is -2.46. The molecular formula is C22H24N4O6S. The van der Waals surface area contributed by atoms with Crippen LogP contribution in [0.15, 0.2) is 53.7 Å². The van der Waals surface area contributed by atoms with Crippen molar-refractivity contribution in [2.24, 2.45) is 5.92 Å². The molecule has 174 valence electrons. The molecule has 1 aromatic heterocycles. The summed E-state index contributed by atoms with van der Waals surface area (Å²) in [6.07, 6.45) is 2.37. The zero-order valence-electron chi connectivity index (χ0n) is 17.8.